The number of halogens is 1. The summed E-state index contributed by atoms with van der Waals surface area (Å²) in [5.41, 5.74) is 1.65. The Morgan fingerprint density at radius 3 is 2.94 bits per heavy atom. The topological polar surface area (TPSA) is 29.5 Å². The molecule has 0 spiro atoms. The number of hydrogen-bond acceptors (Lipinski definition) is 3. The Morgan fingerprint density at radius 2 is 2.33 bits per heavy atom. The number of benzene rings is 1. The van der Waals surface area contributed by atoms with Gasteiger partial charge in [0.05, 0.1) is 24.3 Å². The van der Waals surface area contributed by atoms with Crippen LogP contribution in [0.1, 0.15) is 30.6 Å². The molecule has 1 aromatic carbocycles. The van der Waals surface area contributed by atoms with Gasteiger partial charge in [-0.1, -0.05) is 18.5 Å². The van der Waals surface area contributed by atoms with Crippen molar-refractivity contribution in [3.05, 3.63) is 28.8 Å². The Bertz CT molecular complexity index is 447. The second-order valence-corrected chi connectivity index (χ2v) is 4.96. The van der Waals surface area contributed by atoms with Gasteiger partial charge in [-0.15, -0.1) is 0 Å². The third-order valence-electron chi connectivity index (χ3n) is 3.36. The van der Waals surface area contributed by atoms with Crippen LogP contribution in [-0.4, -0.2) is 31.6 Å². The van der Waals surface area contributed by atoms with Crippen LogP contribution in [-0.2, 0) is 4.74 Å². The highest BCUT2D eigenvalue weighted by molar-refractivity contribution is 6.34. The molecule has 1 unspecified atom stereocenters. The summed E-state index contributed by atoms with van der Waals surface area (Å²) in [6, 6.07) is 6.04. The van der Waals surface area contributed by atoms with E-state index in [4.69, 9.17) is 16.3 Å². The molecule has 3 nitrogen and oxygen atoms in total. The monoisotopic (exact) mass is 267 g/mol. The summed E-state index contributed by atoms with van der Waals surface area (Å²) in [6.07, 6.45) is 1.03. The maximum Gasteiger partial charge on any atom is 0.161 e. The minimum Gasteiger partial charge on any atom is -0.377 e. The first-order valence-corrected chi connectivity index (χ1v) is 6.66. The molecule has 0 saturated carbocycles. The van der Waals surface area contributed by atoms with Gasteiger partial charge in [-0.3, -0.25) is 4.79 Å². The SMILES string of the molecule is CCC1COCCN1c1ccc(C(C)=O)c(Cl)c1. The minimum absolute atomic E-state index is 0.000527. The number of ether oxygens (including phenoxy) is 1. The zero-order valence-corrected chi connectivity index (χ0v) is 11.5. The average Bonchev–Trinajstić information content (AvgIpc) is 2.38. The predicted octanol–water partition coefficient (Wildman–Crippen LogP) is 3.16. The summed E-state index contributed by atoms with van der Waals surface area (Å²) < 4.78 is 5.49. The van der Waals surface area contributed by atoms with Gasteiger partial charge in [0.15, 0.2) is 5.78 Å². The fourth-order valence-corrected chi connectivity index (χ4v) is 2.61. The number of carbonyl (C=O) groups is 1. The van der Waals surface area contributed by atoms with Gasteiger partial charge in [-0.05, 0) is 31.5 Å². The summed E-state index contributed by atoms with van der Waals surface area (Å²) in [7, 11) is 0. The van der Waals surface area contributed by atoms with Crippen molar-refractivity contribution >= 4 is 23.1 Å². The zero-order chi connectivity index (χ0) is 13.1. The van der Waals surface area contributed by atoms with Gasteiger partial charge in [-0.2, -0.15) is 0 Å². The second kappa shape index (κ2) is 5.72. The van der Waals surface area contributed by atoms with Crippen molar-refractivity contribution in [2.75, 3.05) is 24.7 Å². The molecule has 1 aliphatic rings. The molecule has 1 saturated heterocycles. The first-order chi connectivity index (χ1) is 8.63. The Balaban J connectivity index is 2.27. The minimum atomic E-state index is 0.000527. The van der Waals surface area contributed by atoms with Crippen LogP contribution >= 0.6 is 11.6 Å². The highest BCUT2D eigenvalue weighted by atomic mass is 35.5. The second-order valence-electron chi connectivity index (χ2n) is 4.55. The van der Waals surface area contributed by atoms with Crippen molar-refractivity contribution in [3.8, 4) is 0 Å². The molecule has 0 aliphatic carbocycles. The summed E-state index contributed by atoms with van der Waals surface area (Å²) in [5, 5.41) is 0.529. The number of anilines is 1. The molecule has 0 bridgehead atoms. The van der Waals surface area contributed by atoms with E-state index in [1.807, 2.05) is 18.2 Å². The van der Waals surface area contributed by atoms with E-state index >= 15 is 0 Å². The lowest BCUT2D eigenvalue weighted by Gasteiger charge is -2.37. The number of hydrogen-bond donors (Lipinski definition) is 0. The molecular weight excluding hydrogens is 250 g/mol. The highest BCUT2D eigenvalue weighted by Gasteiger charge is 2.22. The standard InChI is InChI=1S/C14H18ClNO2/c1-3-11-9-18-7-6-16(11)12-4-5-13(10(2)17)14(15)8-12/h4-5,8,11H,3,6-7,9H2,1-2H3. The van der Waals surface area contributed by atoms with Gasteiger partial charge in [0, 0.05) is 17.8 Å². The number of rotatable bonds is 3. The normalized spacial score (nSPS) is 19.9. The first kappa shape index (κ1) is 13.4. The third kappa shape index (κ3) is 2.68. The van der Waals surface area contributed by atoms with Crippen LogP contribution in [0.4, 0.5) is 5.69 Å². The lowest BCUT2D eigenvalue weighted by Crippen LogP contribution is -2.45. The largest absolute Gasteiger partial charge is 0.377 e. The van der Waals surface area contributed by atoms with Gasteiger partial charge in [0.25, 0.3) is 0 Å². The van der Waals surface area contributed by atoms with Crippen molar-refractivity contribution < 1.29 is 9.53 Å². The first-order valence-electron chi connectivity index (χ1n) is 6.28. The molecule has 0 aromatic heterocycles. The molecule has 1 heterocycles. The van der Waals surface area contributed by atoms with E-state index in [1.165, 1.54) is 6.92 Å². The molecular formula is C14H18ClNO2. The number of Topliss-reactive ketones (excluding diaryl/α,β-unsaturated/α-hetero) is 1. The molecule has 4 heteroatoms. The van der Waals surface area contributed by atoms with Crippen LogP contribution in [0.25, 0.3) is 0 Å². The van der Waals surface area contributed by atoms with Crippen molar-refractivity contribution in [2.24, 2.45) is 0 Å². The maximum atomic E-state index is 11.4. The van der Waals surface area contributed by atoms with E-state index in [0.29, 0.717) is 16.6 Å². The van der Waals surface area contributed by atoms with E-state index in [9.17, 15) is 4.79 Å². The maximum absolute atomic E-state index is 11.4. The molecule has 1 fully saturated rings. The van der Waals surface area contributed by atoms with Gasteiger partial charge in [0.2, 0.25) is 0 Å². The smallest absolute Gasteiger partial charge is 0.161 e. The highest BCUT2D eigenvalue weighted by Crippen LogP contribution is 2.27. The molecule has 2 rings (SSSR count). The number of ketones is 1. The molecule has 18 heavy (non-hydrogen) atoms. The molecule has 1 aliphatic heterocycles. The van der Waals surface area contributed by atoms with Gasteiger partial charge >= 0.3 is 0 Å². The molecule has 1 atom stereocenters. The van der Waals surface area contributed by atoms with Crippen molar-refractivity contribution in [1.82, 2.24) is 0 Å². The quantitative estimate of drug-likeness (QED) is 0.788. The van der Waals surface area contributed by atoms with Gasteiger partial charge in [-0.25, -0.2) is 0 Å². The van der Waals surface area contributed by atoms with E-state index in [-0.39, 0.29) is 5.78 Å². The number of nitrogens with zero attached hydrogens (tertiary/aromatic N) is 1. The van der Waals surface area contributed by atoms with Crippen molar-refractivity contribution in [2.45, 2.75) is 26.3 Å². The lowest BCUT2D eigenvalue weighted by atomic mass is 10.1. The molecule has 98 valence electrons. The lowest BCUT2D eigenvalue weighted by molar-refractivity contribution is 0.0929. The summed E-state index contributed by atoms with van der Waals surface area (Å²) in [6.45, 7) is 6.04. The van der Waals surface area contributed by atoms with E-state index in [0.717, 1.165) is 31.9 Å². The molecule has 0 amide bonds. The fraction of sp³-hybridized carbons (Fsp3) is 0.500. The van der Waals surface area contributed by atoms with E-state index in [2.05, 4.69) is 11.8 Å². The molecule has 0 N–H and O–H groups in total. The molecule has 1 aromatic rings. The Kier molecular flexibility index (Phi) is 4.25. The number of carbonyl (C=O) groups excluding carboxylic acids is 1. The van der Waals surface area contributed by atoms with Crippen molar-refractivity contribution in [1.29, 1.82) is 0 Å². The fourth-order valence-electron chi connectivity index (χ4n) is 2.30. The van der Waals surface area contributed by atoms with E-state index in [1.54, 1.807) is 0 Å². The predicted molar refractivity (Wildman–Crippen MR) is 73.7 cm³/mol. The zero-order valence-electron chi connectivity index (χ0n) is 10.8. The van der Waals surface area contributed by atoms with Crippen LogP contribution in [0.15, 0.2) is 18.2 Å². The summed E-state index contributed by atoms with van der Waals surface area (Å²) in [5.74, 6) is 0.000527. The van der Waals surface area contributed by atoms with E-state index < -0.39 is 0 Å². The Hall–Kier alpha value is -1.06. The van der Waals surface area contributed by atoms with Crippen molar-refractivity contribution in [3.63, 3.8) is 0 Å². The van der Waals surface area contributed by atoms with Gasteiger partial charge in [0.1, 0.15) is 0 Å². The van der Waals surface area contributed by atoms with Crippen LogP contribution < -0.4 is 4.90 Å². The van der Waals surface area contributed by atoms with Gasteiger partial charge < -0.3 is 9.64 Å². The van der Waals surface area contributed by atoms with Crippen LogP contribution in [0.3, 0.4) is 0 Å². The van der Waals surface area contributed by atoms with Crippen LogP contribution in [0.5, 0.6) is 0 Å². The summed E-state index contributed by atoms with van der Waals surface area (Å²) >= 11 is 6.16. The summed E-state index contributed by atoms with van der Waals surface area (Å²) in [4.78, 5) is 13.7. The average molecular weight is 268 g/mol. The Morgan fingerprint density at radius 1 is 1.56 bits per heavy atom. The van der Waals surface area contributed by atoms with Crippen LogP contribution in [0, 0.1) is 0 Å². The van der Waals surface area contributed by atoms with Crippen LogP contribution in [0.2, 0.25) is 5.02 Å². The molecule has 0 radical (unpaired) electrons. The third-order valence-corrected chi connectivity index (χ3v) is 3.68. The Labute approximate surface area is 113 Å². The number of morpholine rings is 1.